The number of anilines is 1. The molecule has 0 aromatic carbocycles. The molecule has 0 saturated heterocycles. The van der Waals surface area contributed by atoms with Crippen LogP contribution in [0.5, 0.6) is 0 Å². The molecule has 1 heterocycles. The summed E-state index contributed by atoms with van der Waals surface area (Å²) >= 11 is 3.54. The fourth-order valence-corrected chi connectivity index (χ4v) is 2.40. The van der Waals surface area contributed by atoms with Crippen molar-refractivity contribution in [3.05, 3.63) is 16.0 Å². The van der Waals surface area contributed by atoms with Crippen molar-refractivity contribution in [3.63, 3.8) is 0 Å². The molecule has 0 amide bonds. The van der Waals surface area contributed by atoms with Crippen LogP contribution in [0.1, 0.15) is 51.0 Å². The van der Waals surface area contributed by atoms with Crippen LogP contribution in [0.15, 0.2) is 4.47 Å². The molecule has 1 aromatic rings. The van der Waals surface area contributed by atoms with E-state index in [9.17, 15) is 0 Å². The first-order valence-corrected chi connectivity index (χ1v) is 6.71. The van der Waals surface area contributed by atoms with E-state index in [0.29, 0.717) is 5.92 Å². The first-order chi connectivity index (χ1) is 7.67. The third kappa shape index (κ3) is 2.73. The van der Waals surface area contributed by atoms with Gasteiger partial charge in [0.15, 0.2) is 0 Å². The predicted octanol–water partition coefficient (Wildman–Crippen LogP) is 3.75. The molecule has 0 aliphatic heterocycles. The van der Waals surface area contributed by atoms with Gasteiger partial charge in [-0.3, -0.25) is 0 Å². The number of rotatable bonds is 5. The van der Waals surface area contributed by atoms with E-state index >= 15 is 0 Å². The SMILES string of the molecule is CCc1nc(C(CC)CC)nc(NC)c1Br. The van der Waals surface area contributed by atoms with Crippen LogP contribution >= 0.6 is 15.9 Å². The summed E-state index contributed by atoms with van der Waals surface area (Å²) in [5, 5.41) is 3.12. The van der Waals surface area contributed by atoms with Gasteiger partial charge in [-0.05, 0) is 35.2 Å². The molecular weight excluding hydrogens is 266 g/mol. The zero-order valence-corrected chi connectivity index (χ0v) is 12.1. The van der Waals surface area contributed by atoms with E-state index in [-0.39, 0.29) is 0 Å². The largest absolute Gasteiger partial charge is 0.372 e. The highest BCUT2D eigenvalue weighted by molar-refractivity contribution is 9.10. The van der Waals surface area contributed by atoms with E-state index in [1.54, 1.807) is 0 Å². The molecule has 16 heavy (non-hydrogen) atoms. The molecule has 0 saturated carbocycles. The second-order valence-corrected chi connectivity index (χ2v) is 4.60. The molecule has 0 fully saturated rings. The lowest BCUT2D eigenvalue weighted by Gasteiger charge is -2.15. The van der Waals surface area contributed by atoms with Gasteiger partial charge < -0.3 is 5.32 Å². The minimum atomic E-state index is 0.463. The molecule has 0 unspecified atom stereocenters. The number of hydrogen-bond acceptors (Lipinski definition) is 3. The Kier molecular flexibility index (Phi) is 5.19. The molecule has 0 radical (unpaired) electrons. The van der Waals surface area contributed by atoms with Gasteiger partial charge in [0, 0.05) is 13.0 Å². The van der Waals surface area contributed by atoms with Crippen molar-refractivity contribution in [2.24, 2.45) is 0 Å². The number of halogens is 1. The summed E-state index contributed by atoms with van der Waals surface area (Å²) < 4.78 is 0.993. The van der Waals surface area contributed by atoms with Gasteiger partial charge in [-0.2, -0.15) is 0 Å². The summed E-state index contributed by atoms with van der Waals surface area (Å²) in [4.78, 5) is 9.22. The fraction of sp³-hybridized carbons (Fsp3) is 0.667. The number of aromatic nitrogens is 2. The lowest BCUT2D eigenvalue weighted by molar-refractivity contribution is 0.598. The summed E-state index contributed by atoms with van der Waals surface area (Å²) in [6, 6.07) is 0. The number of nitrogens with zero attached hydrogens (tertiary/aromatic N) is 2. The van der Waals surface area contributed by atoms with Crippen molar-refractivity contribution in [2.75, 3.05) is 12.4 Å². The summed E-state index contributed by atoms with van der Waals surface area (Å²) in [6.45, 7) is 6.48. The first kappa shape index (κ1) is 13.4. The van der Waals surface area contributed by atoms with Crippen LogP contribution in [-0.4, -0.2) is 17.0 Å². The summed E-state index contributed by atoms with van der Waals surface area (Å²) in [5.41, 5.74) is 1.08. The van der Waals surface area contributed by atoms with Gasteiger partial charge >= 0.3 is 0 Å². The van der Waals surface area contributed by atoms with Gasteiger partial charge in [0.1, 0.15) is 11.6 Å². The van der Waals surface area contributed by atoms with Crippen LogP contribution in [-0.2, 0) is 6.42 Å². The van der Waals surface area contributed by atoms with E-state index in [4.69, 9.17) is 0 Å². The topological polar surface area (TPSA) is 37.8 Å². The maximum absolute atomic E-state index is 4.64. The van der Waals surface area contributed by atoms with Crippen LogP contribution in [0.2, 0.25) is 0 Å². The Balaban J connectivity index is 3.20. The van der Waals surface area contributed by atoms with Crippen LogP contribution in [0, 0.1) is 0 Å². The molecule has 0 spiro atoms. The van der Waals surface area contributed by atoms with Crippen molar-refractivity contribution < 1.29 is 0 Å². The van der Waals surface area contributed by atoms with Crippen LogP contribution in [0.3, 0.4) is 0 Å². The fourth-order valence-electron chi connectivity index (χ4n) is 1.75. The first-order valence-electron chi connectivity index (χ1n) is 5.91. The quantitative estimate of drug-likeness (QED) is 0.895. The van der Waals surface area contributed by atoms with Crippen molar-refractivity contribution >= 4 is 21.7 Å². The van der Waals surface area contributed by atoms with Gasteiger partial charge in [-0.15, -0.1) is 0 Å². The zero-order valence-electron chi connectivity index (χ0n) is 10.5. The molecule has 3 nitrogen and oxygen atoms in total. The van der Waals surface area contributed by atoms with Crippen molar-refractivity contribution in [1.29, 1.82) is 0 Å². The molecule has 0 bridgehead atoms. The summed E-state index contributed by atoms with van der Waals surface area (Å²) in [5.74, 6) is 2.33. The zero-order chi connectivity index (χ0) is 12.1. The third-order valence-electron chi connectivity index (χ3n) is 2.86. The van der Waals surface area contributed by atoms with E-state index < -0.39 is 0 Å². The second kappa shape index (κ2) is 6.18. The number of hydrogen-bond donors (Lipinski definition) is 1. The highest BCUT2D eigenvalue weighted by Gasteiger charge is 2.15. The Morgan fingerprint density at radius 3 is 2.25 bits per heavy atom. The Morgan fingerprint density at radius 1 is 1.19 bits per heavy atom. The van der Waals surface area contributed by atoms with Gasteiger partial charge in [-0.25, -0.2) is 9.97 Å². The molecule has 0 aliphatic rings. The molecule has 4 heteroatoms. The third-order valence-corrected chi connectivity index (χ3v) is 3.69. The molecular formula is C12H20BrN3. The summed E-state index contributed by atoms with van der Waals surface area (Å²) in [6.07, 6.45) is 3.10. The smallest absolute Gasteiger partial charge is 0.144 e. The second-order valence-electron chi connectivity index (χ2n) is 3.81. The number of nitrogens with one attached hydrogen (secondary N) is 1. The van der Waals surface area contributed by atoms with Gasteiger partial charge in [0.2, 0.25) is 0 Å². The Bertz CT molecular complexity index is 323. The van der Waals surface area contributed by atoms with Crippen molar-refractivity contribution in [1.82, 2.24) is 9.97 Å². The van der Waals surface area contributed by atoms with E-state index in [2.05, 4.69) is 52.0 Å². The van der Waals surface area contributed by atoms with E-state index in [0.717, 1.165) is 41.1 Å². The minimum absolute atomic E-state index is 0.463. The highest BCUT2D eigenvalue weighted by Crippen LogP contribution is 2.28. The maximum atomic E-state index is 4.64. The molecule has 0 aliphatic carbocycles. The van der Waals surface area contributed by atoms with Crippen LogP contribution in [0.25, 0.3) is 0 Å². The Labute approximate surface area is 106 Å². The maximum Gasteiger partial charge on any atom is 0.144 e. The van der Waals surface area contributed by atoms with Gasteiger partial charge in [-0.1, -0.05) is 20.8 Å². The number of aryl methyl sites for hydroxylation is 1. The standard InChI is InChI=1S/C12H20BrN3/c1-5-8(6-2)11-15-9(7-3)10(13)12(14-4)16-11/h8H,5-7H2,1-4H3,(H,14,15,16). The normalized spacial score (nSPS) is 10.9. The Morgan fingerprint density at radius 2 is 1.81 bits per heavy atom. The van der Waals surface area contributed by atoms with Crippen LogP contribution in [0.4, 0.5) is 5.82 Å². The van der Waals surface area contributed by atoms with E-state index in [1.165, 1.54) is 0 Å². The van der Waals surface area contributed by atoms with Crippen molar-refractivity contribution in [2.45, 2.75) is 46.0 Å². The molecule has 90 valence electrons. The molecule has 1 aromatic heterocycles. The summed E-state index contributed by atoms with van der Waals surface area (Å²) in [7, 11) is 1.89. The monoisotopic (exact) mass is 285 g/mol. The van der Waals surface area contributed by atoms with Gasteiger partial charge in [0.25, 0.3) is 0 Å². The molecule has 1 N–H and O–H groups in total. The lowest BCUT2D eigenvalue weighted by atomic mass is 10.0. The van der Waals surface area contributed by atoms with Crippen molar-refractivity contribution in [3.8, 4) is 0 Å². The van der Waals surface area contributed by atoms with E-state index in [1.807, 2.05) is 7.05 Å². The van der Waals surface area contributed by atoms with Crippen LogP contribution < -0.4 is 5.32 Å². The highest BCUT2D eigenvalue weighted by atomic mass is 79.9. The van der Waals surface area contributed by atoms with Gasteiger partial charge in [0.05, 0.1) is 10.2 Å². The average Bonchev–Trinajstić information content (AvgIpc) is 2.32. The lowest BCUT2D eigenvalue weighted by Crippen LogP contribution is -2.09. The average molecular weight is 286 g/mol. The molecule has 1 rings (SSSR count). The minimum Gasteiger partial charge on any atom is -0.372 e. The Hall–Kier alpha value is -0.640. The molecule has 0 atom stereocenters. The predicted molar refractivity (Wildman–Crippen MR) is 72.0 cm³/mol.